The molecule has 108 valence electrons. The molecule has 0 fully saturated rings. The zero-order valence-corrected chi connectivity index (χ0v) is 14.0. The zero-order chi connectivity index (χ0) is 14.6. The van der Waals surface area contributed by atoms with E-state index in [-0.39, 0.29) is 17.4 Å². The molecule has 1 unspecified atom stereocenters. The Kier molecular flexibility index (Phi) is 5.96. The minimum absolute atomic E-state index is 0.0556. The van der Waals surface area contributed by atoms with Crippen LogP contribution in [0.1, 0.15) is 38.8 Å². The Balaban J connectivity index is 3.19. The lowest BCUT2D eigenvalue weighted by molar-refractivity contribution is 0.136. The maximum absolute atomic E-state index is 14.2. The fourth-order valence-corrected chi connectivity index (χ4v) is 2.40. The molecule has 0 aromatic heterocycles. The highest BCUT2D eigenvalue weighted by Crippen LogP contribution is 2.32. The first-order chi connectivity index (χ1) is 8.80. The minimum Gasteiger partial charge on any atom is -0.308 e. The summed E-state index contributed by atoms with van der Waals surface area (Å²) in [6, 6.07) is 5.07. The summed E-state index contributed by atoms with van der Waals surface area (Å²) in [5.41, 5.74) is 0.526. The summed E-state index contributed by atoms with van der Waals surface area (Å²) in [5.74, 6) is -0.160. The third-order valence-electron chi connectivity index (χ3n) is 3.73. The quantitative estimate of drug-likeness (QED) is 0.849. The van der Waals surface area contributed by atoms with Gasteiger partial charge in [-0.3, -0.25) is 0 Å². The Morgan fingerprint density at radius 3 is 2.53 bits per heavy atom. The van der Waals surface area contributed by atoms with Crippen molar-refractivity contribution in [3.05, 3.63) is 34.1 Å². The van der Waals surface area contributed by atoms with Gasteiger partial charge in [0, 0.05) is 15.6 Å². The van der Waals surface area contributed by atoms with E-state index < -0.39 is 0 Å². The lowest BCUT2D eigenvalue weighted by Gasteiger charge is -2.41. The maximum atomic E-state index is 14.2. The molecule has 0 spiro atoms. The second-order valence-corrected chi connectivity index (χ2v) is 6.52. The molecule has 0 aliphatic carbocycles. The number of benzene rings is 1. The average Bonchev–Trinajstić information content (AvgIpc) is 2.33. The molecule has 1 atom stereocenters. The summed E-state index contributed by atoms with van der Waals surface area (Å²) < 4.78 is 15.1. The van der Waals surface area contributed by atoms with Crippen LogP contribution in [0.2, 0.25) is 0 Å². The summed E-state index contributed by atoms with van der Waals surface area (Å²) >= 11 is 3.43. The molecule has 0 aliphatic heterocycles. The third kappa shape index (κ3) is 4.01. The fourth-order valence-electron chi connectivity index (χ4n) is 2.02. The van der Waals surface area contributed by atoms with Crippen molar-refractivity contribution in [2.24, 2.45) is 0 Å². The molecule has 1 aromatic rings. The van der Waals surface area contributed by atoms with Crippen molar-refractivity contribution >= 4 is 15.9 Å². The van der Waals surface area contributed by atoms with E-state index in [0.29, 0.717) is 5.56 Å². The van der Waals surface area contributed by atoms with Gasteiger partial charge in [-0.25, -0.2) is 4.39 Å². The number of halogens is 2. The van der Waals surface area contributed by atoms with Gasteiger partial charge in [0.1, 0.15) is 5.82 Å². The topological polar surface area (TPSA) is 15.3 Å². The summed E-state index contributed by atoms with van der Waals surface area (Å²) in [4.78, 5) is 2.13. The van der Waals surface area contributed by atoms with Gasteiger partial charge >= 0.3 is 0 Å². The van der Waals surface area contributed by atoms with Crippen LogP contribution in [-0.2, 0) is 0 Å². The first kappa shape index (κ1) is 16.6. The van der Waals surface area contributed by atoms with Crippen LogP contribution in [0.3, 0.4) is 0 Å². The van der Waals surface area contributed by atoms with Gasteiger partial charge in [0.05, 0.1) is 6.04 Å². The molecule has 4 heteroatoms. The van der Waals surface area contributed by atoms with Crippen LogP contribution < -0.4 is 5.32 Å². The predicted molar refractivity (Wildman–Crippen MR) is 82.9 cm³/mol. The standard InChI is InChI=1S/C15H24BrFN2/c1-6-9-18-14(15(2,3)19(4)5)12-10-11(16)7-8-13(12)17/h7-8,10,14,18H,6,9H2,1-5H3. The van der Waals surface area contributed by atoms with E-state index in [0.717, 1.165) is 17.4 Å². The van der Waals surface area contributed by atoms with E-state index in [1.54, 1.807) is 6.07 Å². The minimum atomic E-state index is -0.184. The van der Waals surface area contributed by atoms with Crippen LogP contribution in [0.4, 0.5) is 4.39 Å². The normalized spacial score (nSPS) is 13.9. The van der Waals surface area contributed by atoms with Crippen LogP contribution in [0.5, 0.6) is 0 Å². The number of nitrogens with zero attached hydrogens (tertiary/aromatic N) is 1. The van der Waals surface area contributed by atoms with Crippen molar-refractivity contribution in [2.75, 3.05) is 20.6 Å². The van der Waals surface area contributed by atoms with E-state index in [1.165, 1.54) is 6.07 Å². The van der Waals surface area contributed by atoms with Crippen molar-refractivity contribution < 1.29 is 4.39 Å². The number of nitrogens with one attached hydrogen (secondary N) is 1. The predicted octanol–water partition coefficient (Wildman–Crippen LogP) is 3.97. The van der Waals surface area contributed by atoms with Gasteiger partial charge in [0.2, 0.25) is 0 Å². The Bertz CT molecular complexity index is 419. The fraction of sp³-hybridized carbons (Fsp3) is 0.600. The van der Waals surface area contributed by atoms with Crippen molar-refractivity contribution in [1.82, 2.24) is 10.2 Å². The second kappa shape index (κ2) is 6.82. The van der Waals surface area contributed by atoms with Gasteiger partial charge in [-0.05, 0) is 59.1 Å². The first-order valence-corrected chi connectivity index (χ1v) is 7.45. The highest BCUT2D eigenvalue weighted by Gasteiger charge is 2.34. The first-order valence-electron chi connectivity index (χ1n) is 6.66. The van der Waals surface area contributed by atoms with Crippen LogP contribution in [0.25, 0.3) is 0 Å². The van der Waals surface area contributed by atoms with E-state index in [2.05, 4.69) is 46.9 Å². The molecule has 0 saturated heterocycles. The lowest BCUT2D eigenvalue weighted by Crippen LogP contribution is -2.49. The molecule has 0 amide bonds. The Labute approximate surface area is 124 Å². The number of hydrogen-bond donors (Lipinski definition) is 1. The van der Waals surface area contributed by atoms with Gasteiger partial charge in [-0.2, -0.15) is 0 Å². The molecule has 1 N–H and O–H groups in total. The summed E-state index contributed by atoms with van der Waals surface area (Å²) in [5, 5.41) is 3.47. The summed E-state index contributed by atoms with van der Waals surface area (Å²) in [6.07, 6.45) is 1.02. The summed E-state index contributed by atoms with van der Waals surface area (Å²) in [6.45, 7) is 7.24. The average molecular weight is 331 g/mol. The zero-order valence-electron chi connectivity index (χ0n) is 12.4. The number of likely N-dealkylation sites (N-methyl/N-ethyl adjacent to an activating group) is 1. The van der Waals surface area contributed by atoms with E-state index in [9.17, 15) is 4.39 Å². The van der Waals surface area contributed by atoms with Gasteiger partial charge in [-0.1, -0.05) is 22.9 Å². The van der Waals surface area contributed by atoms with E-state index in [1.807, 2.05) is 20.2 Å². The summed E-state index contributed by atoms with van der Waals surface area (Å²) in [7, 11) is 4.05. The molecule has 0 radical (unpaired) electrons. The van der Waals surface area contributed by atoms with E-state index >= 15 is 0 Å². The molecule has 0 aliphatic rings. The van der Waals surface area contributed by atoms with Gasteiger partial charge in [0.15, 0.2) is 0 Å². The molecule has 0 heterocycles. The monoisotopic (exact) mass is 330 g/mol. The number of rotatable bonds is 6. The Morgan fingerprint density at radius 2 is 2.00 bits per heavy atom. The largest absolute Gasteiger partial charge is 0.308 e. The Hall–Kier alpha value is -0.450. The third-order valence-corrected chi connectivity index (χ3v) is 4.22. The van der Waals surface area contributed by atoms with Gasteiger partial charge in [-0.15, -0.1) is 0 Å². The number of hydrogen-bond acceptors (Lipinski definition) is 2. The smallest absolute Gasteiger partial charge is 0.128 e. The van der Waals surface area contributed by atoms with Gasteiger partial charge < -0.3 is 10.2 Å². The van der Waals surface area contributed by atoms with Crippen molar-refractivity contribution in [3.8, 4) is 0 Å². The molecule has 0 bridgehead atoms. The second-order valence-electron chi connectivity index (χ2n) is 5.60. The molecule has 0 saturated carbocycles. The van der Waals surface area contributed by atoms with Crippen LogP contribution in [0.15, 0.2) is 22.7 Å². The molecular weight excluding hydrogens is 307 g/mol. The lowest BCUT2D eigenvalue weighted by atomic mass is 9.87. The molecule has 2 nitrogen and oxygen atoms in total. The maximum Gasteiger partial charge on any atom is 0.128 e. The van der Waals surface area contributed by atoms with Gasteiger partial charge in [0.25, 0.3) is 0 Å². The van der Waals surface area contributed by atoms with Crippen LogP contribution >= 0.6 is 15.9 Å². The van der Waals surface area contributed by atoms with Crippen molar-refractivity contribution in [3.63, 3.8) is 0 Å². The SMILES string of the molecule is CCCNC(c1cc(Br)ccc1F)C(C)(C)N(C)C. The van der Waals surface area contributed by atoms with Crippen LogP contribution in [0, 0.1) is 5.82 Å². The molecule has 1 rings (SSSR count). The highest BCUT2D eigenvalue weighted by atomic mass is 79.9. The van der Waals surface area contributed by atoms with Crippen LogP contribution in [-0.4, -0.2) is 31.1 Å². The van der Waals surface area contributed by atoms with Crippen molar-refractivity contribution in [2.45, 2.75) is 38.8 Å². The molecule has 19 heavy (non-hydrogen) atoms. The highest BCUT2D eigenvalue weighted by molar-refractivity contribution is 9.10. The molecule has 1 aromatic carbocycles. The Morgan fingerprint density at radius 1 is 1.37 bits per heavy atom. The van der Waals surface area contributed by atoms with E-state index in [4.69, 9.17) is 0 Å². The van der Waals surface area contributed by atoms with Crippen molar-refractivity contribution in [1.29, 1.82) is 0 Å². The molecular formula is C15H24BrFN2.